The van der Waals surface area contributed by atoms with Crippen molar-refractivity contribution in [3.8, 4) is 16.9 Å². The number of hydrogen-bond donors (Lipinski definition) is 2. The molecule has 1 heterocycles. The SMILES string of the molecule is COC(=O)NCc1cccc(-c2ccc3cc(OCc4ccccc4)c(N4CC(=O)NS4(=O)=O)cc3c2)c1. The number of hydrogen-bond acceptors (Lipinski definition) is 6. The first kappa shape index (κ1) is 25.1. The maximum absolute atomic E-state index is 12.7. The minimum absolute atomic E-state index is 0.235. The quantitative estimate of drug-likeness (QED) is 0.371. The smallest absolute Gasteiger partial charge is 0.407 e. The fourth-order valence-electron chi connectivity index (χ4n) is 4.26. The van der Waals surface area contributed by atoms with Crippen LogP contribution in [0.5, 0.6) is 5.75 Å². The molecule has 0 aromatic heterocycles. The van der Waals surface area contributed by atoms with Crippen LogP contribution in [0.4, 0.5) is 10.5 Å². The Bertz CT molecular complexity index is 1620. The number of carbonyl (C=O) groups is 2. The zero-order chi connectivity index (χ0) is 26.7. The lowest BCUT2D eigenvalue weighted by atomic mass is 9.99. The molecule has 1 aliphatic rings. The molecule has 1 aliphatic heterocycles. The van der Waals surface area contributed by atoms with Gasteiger partial charge in [-0.15, -0.1) is 0 Å². The Morgan fingerprint density at radius 3 is 2.42 bits per heavy atom. The van der Waals surface area contributed by atoms with E-state index in [0.29, 0.717) is 12.3 Å². The summed E-state index contributed by atoms with van der Waals surface area (Å²) in [4.78, 5) is 23.4. The molecule has 194 valence electrons. The number of nitrogens with one attached hydrogen (secondary N) is 2. The summed E-state index contributed by atoms with van der Waals surface area (Å²) >= 11 is 0. The topological polar surface area (TPSA) is 114 Å². The third-order valence-electron chi connectivity index (χ3n) is 6.13. The van der Waals surface area contributed by atoms with Crippen LogP contribution in [-0.2, 0) is 32.9 Å². The molecule has 0 aliphatic carbocycles. The first-order valence-electron chi connectivity index (χ1n) is 11.8. The number of rotatable bonds is 7. The number of alkyl carbamates (subject to hydrolysis) is 1. The predicted molar refractivity (Wildman–Crippen MR) is 144 cm³/mol. The molecular formula is C28H25N3O6S. The fraction of sp³-hybridized carbons (Fsp3) is 0.143. The second-order valence-electron chi connectivity index (χ2n) is 8.74. The van der Waals surface area contributed by atoms with Gasteiger partial charge in [0.1, 0.15) is 18.9 Å². The highest BCUT2D eigenvalue weighted by Gasteiger charge is 2.36. The van der Waals surface area contributed by atoms with Crippen LogP contribution in [0.1, 0.15) is 11.1 Å². The number of nitrogens with zero attached hydrogens (tertiary/aromatic N) is 1. The van der Waals surface area contributed by atoms with Crippen molar-refractivity contribution in [1.29, 1.82) is 0 Å². The molecule has 38 heavy (non-hydrogen) atoms. The van der Waals surface area contributed by atoms with E-state index in [4.69, 9.17) is 4.74 Å². The Hall–Kier alpha value is -4.57. The number of benzene rings is 4. The molecule has 10 heteroatoms. The summed E-state index contributed by atoms with van der Waals surface area (Å²) in [7, 11) is -2.73. The van der Waals surface area contributed by atoms with Crippen molar-refractivity contribution in [3.63, 3.8) is 0 Å². The van der Waals surface area contributed by atoms with E-state index in [1.54, 1.807) is 12.1 Å². The van der Waals surface area contributed by atoms with Crippen LogP contribution in [0.15, 0.2) is 84.9 Å². The van der Waals surface area contributed by atoms with Crippen molar-refractivity contribution in [1.82, 2.24) is 10.0 Å². The van der Waals surface area contributed by atoms with Crippen molar-refractivity contribution in [3.05, 3.63) is 96.1 Å². The maximum atomic E-state index is 12.7. The van der Waals surface area contributed by atoms with Gasteiger partial charge in [0.15, 0.2) is 0 Å². The Morgan fingerprint density at radius 1 is 0.921 bits per heavy atom. The van der Waals surface area contributed by atoms with Gasteiger partial charge < -0.3 is 14.8 Å². The van der Waals surface area contributed by atoms with E-state index >= 15 is 0 Å². The molecule has 1 fully saturated rings. The first-order valence-corrected chi connectivity index (χ1v) is 13.3. The number of fused-ring (bicyclic) bond motifs is 1. The highest BCUT2D eigenvalue weighted by molar-refractivity contribution is 7.92. The second-order valence-corrected chi connectivity index (χ2v) is 10.3. The van der Waals surface area contributed by atoms with E-state index in [0.717, 1.165) is 37.3 Å². The molecule has 2 N–H and O–H groups in total. The van der Waals surface area contributed by atoms with Gasteiger partial charge in [-0.1, -0.05) is 60.7 Å². The number of carbonyl (C=O) groups excluding carboxylic acids is 2. The molecule has 2 amide bonds. The summed E-state index contributed by atoms with van der Waals surface area (Å²) in [6.07, 6.45) is -0.510. The summed E-state index contributed by atoms with van der Waals surface area (Å²) in [5, 5.41) is 4.29. The zero-order valence-corrected chi connectivity index (χ0v) is 21.3. The van der Waals surface area contributed by atoms with E-state index in [1.807, 2.05) is 77.5 Å². The highest BCUT2D eigenvalue weighted by atomic mass is 32.2. The molecule has 4 aromatic rings. The number of ether oxygens (including phenoxy) is 2. The molecule has 0 bridgehead atoms. The predicted octanol–water partition coefficient (Wildman–Crippen LogP) is 4.12. The Labute approximate surface area is 220 Å². The van der Waals surface area contributed by atoms with Gasteiger partial charge in [0, 0.05) is 6.54 Å². The zero-order valence-electron chi connectivity index (χ0n) is 20.5. The molecule has 0 unspecified atom stereocenters. The van der Waals surface area contributed by atoms with Crippen molar-refractivity contribution in [2.45, 2.75) is 13.2 Å². The molecule has 5 rings (SSSR count). The average Bonchev–Trinajstić information content (AvgIpc) is 3.21. The van der Waals surface area contributed by atoms with E-state index in [1.165, 1.54) is 7.11 Å². The van der Waals surface area contributed by atoms with Crippen molar-refractivity contribution in [2.75, 3.05) is 18.0 Å². The molecular weight excluding hydrogens is 506 g/mol. The minimum atomic E-state index is -4.04. The molecule has 1 saturated heterocycles. The summed E-state index contributed by atoms with van der Waals surface area (Å²) in [5.41, 5.74) is 3.92. The molecule has 4 aromatic carbocycles. The summed E-state index contributed by atoms with van der Waals surface area (Å²) in [6, 6.07) is 26.6. The van der Waals surface area contributed by atoms with Gasteiger partial charge in [-0.25, -0.2) is 13.8 Å². The average molecular weight is 532 g/mol. The summed E-state index contributed by atoms with van der Waals surface area (Å²) < 4.78 is 39.1. The van der Waals surface area contributed by atoms with Crippen LogP contribution in [-0.4, -0.2) is 34.1 Å². The van der Waals surface area contributed by atoms with Crippen LogP contribution in [0.25, 0.3) is 21.9 Å². The van der Waals surface area contributed by atoms with Crippen molar-refractivity contribution >= 4 is 38.7 Å². The Kier molecular flexibility index (Phi) is 6.89. The fourth-order valence-corrected chi connectivity index (χ4v) is 5.41. The Balaban J connectivity index is 1.52. The molecule has 0 atom stereocenters. The van der Waals surface area contributed by atoms with E-state index in [9.17, 15) is 18.0 Å². The van der Waals surface area contributed by atoms with Gasteiger partial charge in [0.25, 0.3) is 5.91 Å². The van der Waals surface area contributed by atoms with Crippen LogP contribution in [0, 0.1) is 0 Å². The normalized spacial score (nSPS) is 14.2. The highest BCUT2D eigenvalue weighted by Crippen LogP contribution is 2.37. The Morgan fingerprint density at radius 2 is 1.68 bits per heavy atom. The van der Waals surface area contributed by atoms with Crippen LogP contribution >= 0.6 is 0 Å². The van der Waals surface area contributed by atoms with Crippen LogP contribution in [0.3, 0.4) is 0 Å². The third-order valence-corrected chi connectivity index (χ3v) is 7.52. The summed E-state index contributed by atoms with van der Waals surface area (Å²) in [6.45, 7) is 0.220. The van der Waals surface area contributed by atoms with Gasteiger partial charge in [-0.2, -0.15) is 8.42 Å². The van der Waals surface area contributed by atoms with Crippen LogP contribution in [0.2, 0.25) is 0 Å². The standard InChI is InChI=1S/C28H25N3O6S/c1-36-28(33)29-16-20-8-5-9-21(12-20)22-10-11-23-15-26(37-18-19-6-3-2-4-7-19)25(14-24(23)13-22)31-17-27(32)30-38(31,34)35/h2-15H,16-18H2,1H3,(H,29,33)(H,30,32). The van der Waals surface area contributed by atoms with Gasteiger partial charge >= 0.3 is 16.3 Å². The van der Waals surface area contributed by atoms with Crippen molar-refractivity contribution < 1.29 is 27.5 Å². The van der Waals surface area contributed by atoms with E-state index < -0.39 is 22.2 Å². The summed E-state index contributed by atoms with van der Waals surface area (Å²) in [5.74, 6) is -0.254. The number of anilines is 1. The van der Waals surface area contributed by atoms with E-state index in [2.05, 4.69) is 10.1 Å². The lowest BCUT2D eigenvalue weighted by Crippen LogP contribution is -2.29. The third kappa shape index (κ3) is 5.40. The number of amides is 2. The van der Waals surface area contributed by atoms with Gasteiger partial charge in [-0.05, 0) is 57.3 Å². The second kappa shape index (κ2) is 10.4. The van der Waals surface area contributed by atoms with Gasteiger partial charge in [0.2, 0.25) is 0 Å². The molecule has 0 saturated carbocycles. The van der Waals surface area contributed by atoms with E-state index in [-0.39, 0.29) is 18.8 Å². The van der Waals surface area contributed by atoms with Crippen LogP contribution < -0.4 is 19.1 Å². The lowest BCUT2D eigenvalue weighted by molar-refractivity contribution is -0.117. The molecule has 9 nitrogen and oxygen atoms in total. The van der Waals surface area contributed by atoms with Gasteiger partial charge in [-0.3, -0.25) is 4.79 Å². The first-order chi connectivity index (χ1) is 18.3. The van der Waals surface area contributed by atoms with Crippen molar-refractivity contribution in [2.24, 2.45) is 0 Å². The maximum Gasteiger partial charge on any atom is 0.407 e. The molecule has 0 spiro atoms. The monoisotopic (exact) mass is 531 g/mol. The largest absolute Gasteiger partial charge is 0.487 e. The molecule has 0 radical (unpaired) electrons. The lowest BCUT2D eigenvalue weighted by Gasteiger charge is -2.20. The van der Waals surface area contributed by atoms with Gasteiger partial charge in [0.05, 0.1) is 12.8 Å². The minimum Gasteiger partial charge on any atom is -0.487 e. The number of methoxy groups -OCH3 is 1.